The summed E-state index contributed by atoms with van der Waals surface area (Å²) < 4.78 is 1.35. The van der Waals surface area contributed by atoms with Gasteiger partial charge < -0.3 is 5.73 Å². The Bertz CT molecular complexity index is 705. The normalized spacial score (nSPS) is 11.7. The summed E-state index contributed by atoms with van der Waals surface area (Å²) in [6.07, 6.45) is 1.35. The van der Waals surface area contributed by atoms with Crippen LogP contribution >= 0.6 is 11.3 Å². The van der Waals surface area contributed by atoms with Crippen molar-refractivity contribution in [3.63, 3.8) is 0 Å². The highest BCUT2D eigenvalue weighted by atomic mass is 32.1. The first-order valence-electron chi connectivity index (χ1n) is 5.81. The van der Waals surface area contributed by atoms with Gasteiger partial charge >= 0.3 is 5.69 Å². The minimum atomic E-state index is -0.559. The SMILES string of the molecule is CC(C)(C)c1csc(Cn2cc(N)c(=O)[nH]c2=O)n1. The van der Waals surface area contributed by atoms with Gasteiger partial charge in [0.1, 0.15) is 10.7 Å². The molecule has 6 nitrogen and oxygen atoms in total. The van der Waals surface area contributed by atoms with E-state index in [1.165, 1.54) is 22.1 Å². The monoisotopic (exact) mass is 280 g/mol. The van der Waals surface area contributed by atoms with E-state index in [2.05, 4.69) is 30.7 Å². The van der Waals surface area contributed by atoms with Crippen molar-refractivity contribution in [2.75, 3.05) is 5.73 Å². The fourth-order valence-corrected chi connectivity index (χ4v) is 2.54. The maximum atomic E-state index is 11.6. The van der Waals surface area contributed by atoms with Crippen molar-refractivity contribution in [1.29, 1.82) is 0 Å². The third kappa shape index (κ3) is 2.93. The topological polar surface area (TPSA) is 93.8 Å². The van der Waals surface area contributed by atoms with Crippen LogP contribution in [-0.2, 0) is 12.0 Å². The molecule has 19 heavy (non-hydrogen) atoms. The molecule has 0 fully saturated rings. The summed E-state index contributed by atoms with van der Waals surface area (Å²) >= 11 is 1.49. The predicted octanol–water partition coefficient (Wildman–Crippen LogP) is 0.921. The molecular weight excluding hydrogens is 264 g/mol. The molecule has 0 spiro atoms. The Kier molecular flexibility index (Phi) is 3.32. The molecule has 0 saturated carbocycles. The van der Waals surface area contributed by atoms with E-state index in [1.54, 1.807) is 0 Å². The maximum Gasteiger partial charge on any atom is 0.328 e. The van der Waals surface area contributed by atoms with Gasteiger partial charge in [-0.3, -0.25) is 14.3 Å². The third-order valence-electron chi connectivity index (χ3n) is 2.66. The number of rotatable bonds is 2. The van der Waals surface area contributed by atoms with Crippen molar-refractivity contribution < 1.29 is 0 Å². The van der Waals surface area contributed by atoms with Crippen LogP contribution in [0.5, 0.6) is 0 Å². The molecule has 102 valence electrons. The lowest BCUT2D eigenvalue weighted by atomic mass is 9.93. The van der Waals surface area contributed by atoms with Gasteiger partial charge in [0.25, 0.3) is 5.56 Å². The molecule has 2 aromatic rings. The molecule has 0 saturated heterocycles. The minimum absolute atomic E-state index is 0.0206. The zero-order chi connectivity index (χ0) is 14.2. The van der Waals surface area contributed by atoms with Crippen molar-refractivity contribution in [1.82, 2.24) is 14.5 Å². The van der Waals surface area contributed by atoms with Crippen LogP contribution in [-0.4, -0.2) is 14.5 Å². The van der Waals surface area contributed by atoms with Crippen molar-refractivity contribution in [2.45, 2.75) is 32.7 Å². The maximum absolute atomic E-state index is 11.6. The summed E-state index contributed by atoms with van der Waals surface area (Å²) in [6.45, 7) is 6.54. The number of thiazole rings is 1. The van der Waals surface area contributed by atoms with Crippen molar-refractivity contribution in [2.24, 2.45) is 0 Å². The van der Waals surface area contributed by atoms with Crippen LogP contribution in [0.1, 0.15) is 31.5 Å². The van der Waals surface area contributed by atoms with Crippen LogP contribution in [0.4, 0.5) is 5.69 Å². The van der Waals surface area contributed by atoms with Gasteiger partial charge in [-0.25, -0.2) is 9.78 Å². The second kappa shape index (κ2) is 4.65. The van der Waals surface area contributed by atoms with Crippen LogP contribution in [0.2, 0.25) is 0 Å². The van der Waals surface area contributed by atoms with Gasteiger partial charge in [-0.05, 0) is 0 Å². The van der Waals surface area contributed by atoms with Crippen molar-refractivity contribution in [3.05, 3.63) is 43.1 Å². The van der Waals surface area contributed by atoms with E-state index in [0.717, 1.165) is 10.7 Å². The zero-order valence-electron chi connectivity index (χ0n) is 11.1. The number of hydrogen-bond donors (Lipinski definition) is 2. The Morgan fingerprint density at radius 2 is 2.11 bits per heavy atom. The molecule has 3 N–H and O–H groups in total. The van der Waals surface area contributed by atoms with Crippen molar-refractivity contribution >= 4 is 17.0 Å². The molecule has 2 heterocycles. The van der Waals surface area contributed by atoms with Gasteiger partial charge in [0.15, 0.2) is 0 Å². The molecule has 0 unspecified atom stereocenters. The van der Waals surface area contributed by atoms with Gasteiger partial charge in [-0.2, -0.15) is 0 Å². The van der Waals surface area contributed by atoms with E-state index < -0.39 is 11.2 Å². The quantitative estimate of drug-likeness (QED) is 0.855. The number of H-pyrrole nitrogens is 1. The second-order valence-corrected chi connectivity index (χ2v) is 6.29. The van der Waals surface area contributed by atoms with Crippen LogP contribution in [0.15, 0.2) is 21.2 Å². The molecule has 2 aromatic heterocycles. The Balaban J connectivity index is 2.32. The molecular formula is C12H16N4O2S. The summed E-state index contributed by atoms with van der Waals surface area (Å²) in [6, 6.07) is 0. The largest absolute Gasteiger partial charge is 0.393 e. The number of anilines is 1. The van der Waals surface area contributed by atoms with Crippen LogP contribution in [0.3, 0.4) is 0 Å². The average molecular weight is 280 g/mol. The number of hydrogen-bond acceptors (Lipinski definition) is 5. The fraction of sp³-hybridized carbons (Fsp3) is 0.417. The molecule has 0 atom stereocenters. The van der Waals surface area contributed by atoms with E-state index in [9.17, 15) is 9.59 Å². The van der Waals surface area contributed by atoms with Gasteiger partial charge in [0, 0.05) is 17.0 Å². The lowest BCUT2D eigenvalue weighted by molar-refractivity contribution is 0.569. The summed E-state index contributed by atoms with van der Waals surface area (Å²) in [5.74, 6) is 0. The van der Waals surface area contributed by atoms with Gasteiger partial charge in [-0.15, -0.1) is 11.3 Å². The molecule has 0 aliphatic carbocycles. The fourth-order valence-electron chi connectivity index (χ4n) is 1.52. The van der Waals surface area contributed by atoms with Crippen LogP contribution < -0.4 is 17.0 Å². The number of nitrogens with zero attached hydrogens (tertiary/aromatic N) is 2. The summed E-state index contributed by atoms with van der Waals surface area (Å²) in [5, 5.41) is 2.79. The number of nitrogens with one attached hydrogen (secondary N) is 1. The molecule has 0 aliphatic rings. The van der Waals surface area contributed by atoms with Crippen LogP contribution in [0, 0.1) is 0 Å². The number of nitrogen functional groups attached to an aromatic ring is 1. The lowest BCUT2D eigenvalue weighted by Gasteiger charge is -2.14. The smallest absolute Gasteiger partial charge is 0.328 e. The Labute approximate surface area is 113 Å². The Hall–Kier alpha value is -1.89. The number of aromatic nitrogens is 3. The molecule has 0 aromatic carbocycles. The van der Waals surface area contributed by atoms with Gasteiger partial charge in [-0.1, -0.05) is 20.8 Å². The van der Waals surface area contributed by atoms with E-state index in [-0.39, 0.29) is 11.1 Å². The predicted molar refractivity (Wildman–Crippen MR) is 75.7 cm³/mol. The molecule has 0 radical (unpaired) electrons. The van der Waals surface area contributed by atoms with Crippen molar-refractivity contribution in [3.8, 4) is 0 Å². The number of aromatic amines is 1. The standard InChI is InChI=1S/C12H16N4O2S/c1-12(2,3)8-6-19-9(14-8)5-16-4-7(13)10(17)15-11(16)18/h4,6H,5,13H2,1-3H3,(H,15,17,18). The zero-order valence-corrected chi connectivity index (χ0v) is 11.9. The minimum Gasteiger partial charge on any atom is -0.393 e. The second-order valence-electron chi connectivity index (χ2n) is 5.35. The molecule has 0 aliphatic heterocycles. The molecule has 7 heteroatoms. The Morgan fingerprint density at radius 3 is 2.68 bits per heavy atom. The first-order chi connectivity index (χ1) is 8.77. The number of nitrogens with two attached hydrogens (primary N) is 1. The molecule has 0 bridgehead atoms. The van der Waals surface area contributed by atoms with E-state index in [4.69, 9.17) is 5.73 Å². The summed E-state index contributed by atoms with van der Waals surface area (Å²) in [4.78, 5) is 29.5. The van der Waals surface area contributed by atoms with Gasteiger partial charge in [0.05, 0.1) is 12.2 Å². The summed E-state index contributed by atoms with van der Waals surface area (Å²) in [7, 11) is 0. The van der Waals surface area contributed by atoms with Gasteiger partial charge in [0.2, 0.25) is 0 Å². The highest BCUT2D eigenvalue weighted by Crippen LogP contribution is 2.24. The lowest BCUT2D eigenvalue weighted by Crippen LogP contribution is -2.31. The first-order valence-corrected chi connectivity index (χ1v) is 6.69. The molecule has 2 rings (SSSR count). The Morgan fingerprint density at radius 1 is 1.42 bits per heavy atom. The highest BCUT2D eigenvalue weighted by Gasteiger charge is 2.17. The third-order valence-corrected chi connectivity index (χ3v) is 3.50. The van der Waals surface area contributed by atoms with E-state index in [0.29, 0.717) is 6.54 Å². The average Bonchev–Trinajstić information content (AvgIpc) is 2.74. The summed E-state index contributed by atoms with van der Waals surface area (Å²) in [5.41, 5.74) is 5.44. The van der Waals surface area contributed by atoms with E-state index >= 15 is 0 Å². The van der Waals surface area contributed by atoms with E-state index in [1.807, 2.05) is 5.38 Å². The molecule has 0 amide bonds. The first kappa shape index (κ1) is 13.5. The van der Waals surface area contributed by atoms with Crippen LogP contribution in [0.25, 0.3) is 0 Å². The highest BCUT2D eigenvalue weighted by molar-refractivity contribution is 7.09.